The number of urea groups is 1. The standard InChI is InChI=1S/C11H13ClF2N2O3/c12-8-1-2-9(19-10(13)14)7(5-8)6-16-11(18)15-3-4-17/h1-2,5,10,17H,3-4,6H2,(H2,15,16,18). The molecule has 0 bridgehead atoms. The number of rotatable bonds is 6. The molecule has 1 rings (SSSR count). The smallest absolute Gasteiger partial charge is 0.387 e. The van der Waals surface area contributed by atoms with Gasteiger partial charge in [-0.2, -0.15) is 8.78 Å². The summed E-state index contributed by atoms with van der Waals surface area (Å²) in [7, 11) is 0. The minimum absolute atomic E-state index is 0.0279. The van der Waals surface area contributed by atoms with Gasteiger partial charge in [0.25, 0.3) is 0 Å². The van der Waals surface area contributed by atoms with Crippen molar-refractivity contribution in [3.63, 3.8) is 0 Å². The largest absolute Gasteiger partial charge is 0.434 e. The van der Waals surface area contributed by atoms with Gasteiger partial charge in [-0.05, 0) is 18.2 Å². The number of amides is 2. The van der Waals surface area contributed by atoms with Crippen LogP contribution in [0.3, 0.4) is 0 Å². The van der Waals surface area contributed by atoms with Crippen LogP contribution in [0.25, 0.3) is 0 Å². The summed E-state index contributed by atoms with van der Waals surface area (Å²) in [6.45, 7) is -3.07. The second-order valence-electron chi connectivity index (χ2n) is 3.46. The first-order valence-electron chi connectivity index (χ1n) is 5.38. The molecule has 0 aliphatic rings. The highest BCUT2D eigenvalue weighted by Gasteiger charge is 2.11. The Morgan fingerprint density at radius 3 is 2.79 bits per heavy atom. The zero-order valence-corrected chi connectivity index (χ0v) is 10.6. The van der Waals surface area contributed by atoms with E-state index in [0.717, 1.165) is 0 Å². The van der Waals surface area contributed by atoms with Gasteiger partial charge >= 0.3 is 12.6 Å². The molecule has 0 unspecified atom stereocenters. The van der Waals surface area contributed by atoms with Crippen LogP contribution in [-0.2, 0) is 6.54 Å². The maximum atomic E-state index is 12.2. The summed E-state index contributed by atoms with van der Waals surface area (Å²) < 4.78 is 28.7. The quantitative estimate of drug-likeness (QED) is 0.748. The fourth-order valence-electron chi connectivity index (χ4n) is 1.30. The molecule has 0 radical (unpaired) electrons. The highest BCUT2D eigenvalue weighted by Crippen LogP contribution is 2.24. The summed E-state index contributed by atoms with van der Waals surface area (Å²) in [5.74, 6) is -0.0538. The zero-order chi connectivity index (χ0) is 14.3. The van der Waals surface area contributed by atoms with E-state index in [-0.39, 0.29) is 25.4 Å². The van der Waals surface area contributed by atoms with Crippen LogP contribution in [0, 0.1) is 0 Å². The van der Waals surface area contributed by atoms with E-state index >= 15 is 0 Å². The maximum Gasteiger partial charge on any atom is 0.387 e. The number of halogens is 3. The Bertz CT molecular complexity index is 432. The number of hydrogen-bond acceptors (Lipinski definition) is 3. The van der Waals surface area contributed by atoms with Crippen LogP contribution in [0.5, 0.6) is 5.75 Å². The Morgan fingerprint density at radius 1 is 1.42 bits per heavy atom. The third kappa shape index (κ3) is 5.71. The number of carbonyl (C=O) groups excluding carboxylic acids is 1. The van der Waals surface area contributed by atoms with E-state index in [9.17, 15) is 13.6 Å². The van der Waals surface area contributed by atoms with Crippen LogP contribution in [0.15, 0.2) is 18.2 Å². The number of hydrogen-bond donors (Lipinski definition) is 3. The van der Waals surface area contributed by atoms with Gasteiger partial charge in [0.15, 0.2) is 0 Å². The van der Waals surface area contributed by atoms with Crippen molar-refractivity contribution in [2.75, 3.05) is 13.2 Å². The molecule has 0 aliphatic heterocycles. The van der Waals surface area contributed by atoms with E-state index in [1.54, 1.807) is 0 Å². The molecule has 0 aromatic heterocycles. The van der Waals surface area contributed by atoms with Crippen molar-refractivity contribution in [2.45, 2.75) is 13.2 Å². The lowest BCUT2D eigenvalue weighted by molar-refractivity contribution is -0.0504. The Kier molecular flexibility index (Phi) is 6.31. The predicted molar refractivity (Wildman–Crippen MR) is 65.4 cm³/mol. The van der Waals surface area contributed by atoms with Crippen LogP contribution in [0.4, 0.5) is 13.6 Å². The number of nitrogens with one attached hydrogen (secondary N) is 2. The summed E-state index contributed by atoms with van der Waals surface area (Å²) in [6, 6.07) is 3.61. The van der Waals surface area contributed by atoms with Crippen molar-refractivity contribution >= 4 is 17.6 Å². The van der Waals surface area contributed by atoms with E-state index in [1.807, 2.05) is 0 Å². The summed E-state index contributed by atoms with van der Waals surface area (Å²) in [4.78, 5) is 11.2. The van der Waals surface area contributed by atoms with Gasteiger partial charge in [-0.1, -0.05) is 11.6 Å². The van der Waals surface area contributed by atoms with Crippen LogP contribution in [-0.4, -0.2) is 30.9 Å². The molecule has 0 fully saturated rings. The summed E-state index contributed by atoms with van der Waals surface area (Å²) >= 11 is 5.75. The van der Waals surface area contributed by atoms with Crippen molar-refractivity contribution in [1.29, 1.82) is 0 Å². The van der Waals surface area contributed by atoms with Gasteiger partial charge in [0.05, 0.1) is 6.61 Å². The number of aliphatic hydroxyl groups excluding tert-OH is 1. The SMILES string of the molecule is O=C(NCCO)NCc1cc(Cl)ccc1OC(F)F. The Hall–Kier alpha value is -1.60. The van der Waals surface area contributed by atoms with Gasteiger partial charge in [-0.15, -0.1) is 0 Å². The van der Waals surface area contributed by atoms with Gasteiger partial charge < -0.3 is 20.5 Å². The highest BCUT2D eigenvalue weighted by molar-refractivity contribution is 6.30. The second kappa shape index (κ2) is 7.75. The molecule has 0 heterocycles. The molecule has 0 saturated carbocycles. The van der Waals surface area contributed by atoms with Gasteiger partial charge in [0.1, 0.15) is 5.75 Å². The molecule has 1 aromatic carbocycles. The average molecular weight is 295 g/mol. The lowest BCUT2D eigenvalue weighted by atomic mass is 10.2. The summed E-state index contributed by atoms with van der Waals surface area (Å²) in [5.41, 5.74) is 0.326. The minimum Gasteiger partial charge on any atom is -0.434 e. The zero-order valence-electron chi connectivity index (χ0n) is 9.83. The van der Waals surface area contributed by atoms with E-state index in [0.29, 0.717) is 10.6 Å². The Morgan fingerprint density at radius 2 is 2.16 bits per heavy atom. The molecule has 0 saturated heterocycles. The van der Waals surface area contributed by atoms with Crippen LogP contribution >= 0.6 is 11.6 Å². The van der Waals surface area contributed by atoms with Crippen molar-refractivity contribution in [3.05, 3.63) is 28.8 Å². The molecule has 5 nitrogen and oxygen atoms in total. The third-order valence-corrected chi connectivity index (χ3v) is 2.31. The lowest BCUT2D eigenvalue weighted by Crippen LogP contribution is -2.36. The molecule has 19 heavy (non-hydrogen) atoms. The van der Waals surface area contributed by atoms with Gasteiger partial charge in [0, 0.05) is 23.7 Å². The molecule has 8 heteroatoms. The summed E-state index contributed by atoms with van der Waals surface area (Å²) in [6.07, 6.45) is 0. The fraction of sp³-hybridized carbons (Fsp3) is 0.364. The number of benzene rings is 1. The second-order valence-corrected chi connectivity index (χ2v) is 3.90. The molecule has 0 spiro atoms. The van der Waals surface area contributed by atoms with E-state index in [2.05, 4.69) is 15.4 Å². The molecular formula is C11H13ClF2N2O3. The topological polar surface area (TPSA) is 70.6 Å². The molecule has 1 aromatic rings. The van der Waals surface area contributed by atoms with E-state index < -0.39 is 12.6 Å². The fourth-order valence-corrected chi connectivity index (χ4v) is 1.50. The molecule has 0 aliphatic carbocycles. The predicted octanol–water partition coefficient (Wildman–Crippen LogP) is 1.73. The van der Waals surface area contributed by atoms with Crippen molar-refractivity contribution in [3.8, 4) is 5.75 Å². The Labute approximate surface area is 113 Å². The van der Waals surface area contributed by atoms with Crippen LogP contribution in [0.1, 0.15) is 5.56 Å². The van der Waals surface area contributed by atoms with Crippen molar-refractivity contribution in [2.24, 2.45) is 0 Å². The van der Waals surface area contributed by atoms with Gasteiger partial charge in [0.2, 0.25) is 0 Å². The third-order valence-electron chi connectivity index (χ3n) is 2.08. The first-order valence-corrected chi connectivity index (χ1v) is 5.76. The first kappa shape index (κ1) is 15.5. The first-order chi connectivity index (χ1) is 9.02. The van der Waals surface area contributed by atoms with Gasteiger partial charge in [-0.3, -0.25) is 0 Å². The highest BCUT2D eigenvalue weighted by atomic mass is 35.5. The molecule has 0 atom stereocenters. The van der Waals surface area contributed by atoms with Crippen molar-refractivity contribution < 1.29 is 23.4 Å². The van der Waals surface area contributed by atoms with Crippen LogP contribution in [0.2, 0.25) is 5.02 Å². The lowest BCUT2D eigenvalue weighted by Gasteiger charge is -2.12. The van der Waals surface area contributed by atoms with Gasteiger partial charge in [-0.25, -0.2) is 4.79 Å². The summed E-state index contributed by atoms with van der Waals surface area (Å²) in [5, 5.41) is 13.6. The number of aliphatic hydroxyl groups is 1. The molecular weight excluding hydrogens is 282 g/mol. The Balaban J connectivity index is 2.65. The average Bonchev–Trinajstić information content (AvgIpc) is 2.36. The van der Waals surface area contributed by atoms with Crippen LogP contribution < -0.4 is 15.4 Å². The monoisotopic (exact) mass is 294 g/mol. The van der Waals surface area contributed by atoms with E-state index in [4.69, 9.17) is 16.7 Å². The number of alkyl halides is 2. The molecule has 106 valence electrons. The molecule has 3 N–H and O–H groups in total. The van der Waals surface area contributed by atoms with Crippen molar-refractivity contribution in [1.82, 2.24) is 10.6 Å². The number of ether oxygens (including phenoxy) is 1. The normalized spacial score (nSPS) is 10.4. The maximum absolute atomic E-state index is 12.2. The minimum atomic E-state index is -2.96. The van der Waals surface area contributed by atoms with E-state index in [1.165, 1.54) is 18.2 Å². The molecule has 2 amide bonds. The number of carbonyl (C=O) groups is 1.